The van der Waals surface area contributed by atoms with Gasteiger partial charge in [0.1, 0.15) is 17.5 Å². The Hall–Kier alpha value is -2.50. The molecule has 0 atom stereocenters. The van der Waals surface area contributed by atoms with E-state index < -0.39 is 17.5 Å². The molecule has 4 nitrogen and oxygen atoms in total. The number of rotatable bonds is 5. The molecule has 0 aliphatic heterocycles. The smallest absolute Gasteiger partial charge is 0.255 e. The lowest BCUT2D eigenvalue weighted by molar-refractivity contribution is 0.0951. The average molecular weight is 291 g/mol. The van der Waals surface area contributed by atoms with E-state index in [0.717, 1.165) is 18.2 Å². The van der Waals surface area contributed by atoms with Crippen molar-refractivity contribution in [2.45, 2.75) is 13.5 Å². The van der Waals surface area contributed by atoms with E-state index in [4.69, 9.17) is 0 Å². The summed E-state index contributed by atoms with van der Waals surface area (Å²) >= 11 is 0. The quantitative estimate of drug-likeness (QED) is 0.890. The number of aromatic nitrogens is 1. The van der Waals surface area contributed by atoms with Gasteiger partial charge in [0, 0.05) is 24.8 Å². The normalized spacial score (nSPS) is 10.2. The first-order valence-corrected chi connectivity index (χ1v) is 6.53. The predicted molar refractivity (Wildman–Crippen MR) is 75.9 cm³/mol. The van der Waals surface area contributed by atoms with E-state index in [1.165, 1.54) is 0 Å². The number of anilines is 1. The van der Waals surface area contributed by atoms with E-state index >= 15 is 0 Å². The summed E-state index contributed by atoms with van der Waals surface area (Å²) in [7, 11) is 0. The van der Waals surface area contributed by atoms with Crippen LogP contribution in [0.25, 0.3) is 0 Å². The molecule has 0 unspecified atom stereocenters. The largest absolute Gasteiger partial charge is 0.370 e. The van der Waals surface area contributed by atoms with Crippen LogP contribution in [-0.4, -0.2) is 17.4 Å². The van der Waals surface area contributed by atoms with E-state index in [2.05, 4.69) is 15.6 Å². The Morgan fingerprint density at radius 2 is 2.10 bits per heavy atom. The standard InChI is InChI=1S/C15H15F2N3O/c1-2-18-14-12(4-3-7-19-14)15(21)20-9-10-8-11(16)5-6-13(10)17/h3-8H,2,9H2,1H3,(H,18,19)(H,20,21). The number of halogens is 2. The Morgan fingerprint density at radius 1 is 1.29 bits per heavy atom. The van der Waals surface area contributed by atoms with Gasteiger partial charge in [-0.15, -0.1) is 0 Å². The summed E-state index contributed by atoms with van der Waals surface area (Å²) in [6.45, 7) is 2.41. The molecule has 0 radical (unpaired) electrons. The van der Waals surface area contributed by atoms with Gasteiger partial charge < -0.3 is 10.6 Å². The van der Waals surface area contributed by atoms with E-state index in [0.29, 0.717) is 17.9 Å². The lowest BCUT2D eigenvalue weighted by Crippen LogP contribution is -2.24. The summed E-state index contributed by atoms with van der Waals surface area (Å²) in [6, 6.07) is 6.38. The van der Waals surface area contributed by atoms with Gasteiger partial charge in [-0.05, 0) is 37.3 Å². The molecule has 2 rings (SSSR count). The molecule has 110 valence electrons. The van der Waals surface area contributed by atoms with Crippen molar-refractivity contribution in [3.8, 4) is 0 Å². The van der Waals surface area contributed by atoms with Crippen molar-refractivity contribution >= 4 is 11.7 Å². The molecule has 0 aliphatic rings. The van der Waals surface area contributed by atoms with Crippen LogP contribution >= 0.6 is 0 Å². The predicted octanol–water partition coefficient (Wildman–Crippen LogP) is 2.72. The number of nitrogens with one attached hydrogen (secondary N) is 2. The van der Waals surface area contributed by atoms with Crippen LogP contribution in [0.2, 0.25) is 0 Å². The summed E-state index contributed by atoms with van der Waals surface area (Å²) in [5.41, 5.74) is 0.452. The molecule has 1 heterocycles. The molecule has 0 spiro atoms. The molecule has 1 aromatic heterocycles. The first-order chi connectivity index (χ1) is 10.1. The van der Waals surface area contributed by atoms with Crippen LogP contribution in [0.15, 0.2) is 36.5 Å². The van der Waals surface area contributed by atoms with Crippen LogP contribution < -0.4 is 10.6 Å². The fourth-order valence-electron chi connectivity index (χ4n) is 1.85. The Bertz CT molecular complexity index is 647. The Balaban J connectivity index is 2.10. The van der Waals surface area contributed by atoms with Gasteiger partial charge in [-0.3, -0.25) is 4.79 Å². The number of amides is 1. The molecule has 21 heavy (non-hydrogen) atoms. The van der Waals surface area contributed by atoms with E-state index in [9.17, 15) is 13.6 Å². The van der Waals surface area contributed by atoms with Gasteiger partial charge in [-0.25, -0.2) is 13.8 Å². The first-order valence-electron chi connectivity index (χ1n) is 6.53. The highest BCUT2D eigenvalue weighted by atomic mass is 19.1. The van der Waals surface area contributed by atoms with E-state index in [1.807, 2.05) is 6.92 Å². The highest BCUT2D eigenvalue weighted by Gasteiger charge is 2.12. The fraction of sp³-hybridized carbons (Fsp3) is 0.200. The van der Waals surface area contributed by atoms with Crippen LogP contribution in [0, 0.1) is 11.6 Å². The number of carbonyl (C=O) groups excluding carboxylic acids is 1. The fourth-order valence-corrected chi connectivity index (χ4v) is 1.85. The van der Waals surface area contributed by atoms with Crippen molar-refractivity contribution < 1.29 is 13.6 Å². The molecule has 0 saturated heterocycles. The summed E-state index contributed by atoms with van der Waals surface area (Å²) < 4.78 is 26.5. The minimum absolute atomic E-state index is 0.0944. The number of hydrogen-bond donors (Lipinski definition) is 2. The SMILES string of the molecule is CCNc1ncccc1C(=O)NCc1cc(F)ccc1F. The molecule has 0 bridgehead atoms. The Morgan fingerprint density at radius 3 is 2.86 bits per heavy atom. The molecule has 0 fully saturated rings. The minimum Gasteiger partial charge on any atom is -0.370 e. The lowest BCUT2D eigenvalue weighted by atomic mass is 10.2. The molecular weight excluding hydrogens is 276 g/mol. The number of carbonyl (C=O) groups is 1. The lowest BCUT2D eigenvalue weighted by Gasteiger charge is -2.10. The van der Waals surface area contributed by atoms with E-state index in [1.54, 1.807) is 18.3 Å². The third-order valence-electron chi connectivity index (χ3n) is 2.84. The highest BCUT2D eigenvalue weighted by Crippen LogP contribution is 2.13. The van der Waals surface area contributed by atoms with Gasteiger partial charge in [0.05, 0.1) is 5.56 Å². The van der Waals surface area contributed by atoms with Crippen LogP contribution in [0.5, 0.6) is 0 Å². The molecule has 2 N–H and O–H groups in total. The second-order valence-electron chi connectivity index (χ2n) is 4.35. The van der Waals surface area contributed by atoms with Crippen molar-refractivity contribution in [3.05, 3.63) is 59.3 Å². The van der Waals surface area contributed by atoms with Gasteiger partial charge in [0.2, 0.25) is 0 Å². The Kier molecular flexibility index (Phi) is 4.81. The summed E-state index contributed by atoms with van der Waals surface area (Å²) in [5, 5.41) is 5.53. The van der Waals surface area contributed by atoms with Gasteiger partial charge in [0.25, 0.3) is 5.91 Å². The number of hydrogen-bond acceptors (Lipinski definition) is 3. The van der Waals surface area contributed by atoms with Gasteiger partial charge >= 0.3 is 0 Å². The van der Waals surface area contributed by atoms with Crippen molar-refractivity contribution in [3.63, 3.8) is 0 Å². The van der Waals surface area contributed by atoms with Crippen LogP contribution in [0.1, 0.15) is 22.8 Å². The average Bonchev–Trinajstić information content (AvgIpc) is 2.49. The van der Waals surface area contributed by atoms with Gasteiger partial charge in [-0.2, -0.15) is 0 Å². The Labute approximate surface area is 121 Å². The zero-order chi connectivity index (χ0) is 15.2. The zero-order valence-corrected chi connectivity index (χ0v) is 11.5. The van der Waals surface area contributed by atoms with Crippen LogP contribution in [0.3, 0.4) is 0 Å². The maximum Gasteiger partial charge on any atom is 0.255 e. The van der Waals surface area contributed by atoms with E-state index in [-0.39, 0.29) is 12.1 Å². The van der Waals surface area contributed by atoms with Gasteiger partial charge in [0.15, 0.2) is 0 Å². The molecule has 2 aromatic rings. The van der Waals surface area contributed by atoms with Gasteiger partial charge in [-0.1, -0.05) is 0 Å². The molecule has 6 heteroatoms. The maximum atomic E-state index is 13.5. The first kappa shape index (κ1) is 14.9. The summed E-state index contributed by atoms with van der Waals surface area (Å²) in [6.07, 6.45) is 1.57. The number of pyridine rings is 1. The van der Waals surface area contributed by atoms with Crippen molar-refractivity contribution in [1.82, 2.24) is 10.3 Å². The molecule has 0 saturated carbocycles. The third-order valence-corrected chi connectivity index (χ3v) is 2.84. The minimum atomic E-state index is -0.560. The molecule has 1 amide bonds. The van der Waals surface area contributed by atoms with Crippen molar-refractivity contribution in [2.75, 3.05) is 11.9 Å². The van der Waals surface area contributed by atoms with Crippen LogP contribution in [0.4, 0.5) is 14.6 Å². The van der Waals surface area contributed by atoms with Crippen molar-refractivity contribution in [2.24, 2.45) is 0 Å². The second kappa shape index (κ2) is 6.78. The topological polar surface area (TPSA) is 54.0 Å². The second-order valence-corrected chi connectivity index (χ2v) is 4.35. The number of benzene rings is 1. The zero-order valence-electron chi connectivity index (χ0n) is 11.5. The van der Waals surface area contributed by atoms with Crippen molar-refractivity contribution in [1.29, 1.82) is 0 Å². The number of nitrogens with zero attached hydrogens (tertiary/aromatic N) is 1. The summed E-state index contributed by atoms with van der Waals surface area (Å²) in [5.74, 6) is -1.05. The molecular formula is C15H15F2N3O. The van der Waals surface area contributed by atoms with Crippen LogP contribution in [-0.2, 0) is 6.54 Å². The maximum absolute atomic E-state index is 13.5. The summed E-state index contributed by atoms with van der Waals surface area (Å²) in [4.78, 5) is 16.2. The molecule has 0 aliphatic carbocycles. The molecule has 1 aromatic carbocycles. The monoisotopic (exact) mass is 291 g/mol. The third kappa shape index (κ3) is 3.75. The highest BCUT2D eigenvalue weighted by molar-refractivity contribution is 5.98.